The largest absolute Gasteiger partial charge is 0.452 e. The van der Waals surface area contributed by atoms with Gasteiger partial charge in [0.05, 0.1) is 16.3 Å². The van der Waals surface area contributed by atoms with Crippen LogP contribution in [-0.2, 0) is 19.6 Å². The zero-order chi connectivity index (χ0) is 18.6. The lowest BCUT2D eigenvalue weighted by Gasteiger charge is -2.08. The predicted octanol–water partition coefficient (Wildman–Crippen LogP) is 1.92. The summed E-state index contributed by atoms with van der Waals surface area (Å²) >= 11 is 5.71. The van der Waals surface area contributed by atoms with Gasteiger partial charge in [0.2, 0.25) is 10.0 Å². The third kappa shape index (κ3) is 4.99. The number of sulfonamides is 1. The Bertz CT molecular complexity index is 933. The Morgan fingerprint density at radius 2 is 1.88 bits per heavy atom. The number of nitrogens with two attached hydrogens (primary N) is 1. The third-order valence-electron chi connectivity index (χ3n) is 2.96. The summed E-state index contributed by atoms with van der Waals surface area (Å²) in [5.41, 5.74) is -0.223. The molecule has 0 aliphatic heterocycles. The summed E-state index contributed by atoms with van der Waals surface area (Å²) in [5, 5.41) is 7.06. The molecule has 1 amide bonds. The van der Waals surface area contributed by atoms with Crippen molar-refractivity contribution < 1.29 is 27.1 Å². The van der Waals surface area contributed by atoms with Gasteiger partial charge in [0.25, 0.3) is 5.91 Å². The number of carbonyl (C=O) groups excluding carboxylic acids is 2. The van der Waals surface area contributed by atoms with Crippen molar-refractivity contribution in [2.24, 2.45) is 5.14 Å². The van der Waals surface area contributed by atoms with Crippen LogP contribution in [0.15, 0.2) is 47.4 Å². The van der Waals surface area contributed by atoms with Crippen molar-refractivity contribution in [3.05, 3.63) is 58.9 Å². The van der Waals surface area contributed by atoms with Gasteiger partial charge in [0.15, 0.2) is 6.61 Å². The zero-order valence-electron chi connectivity index (χ0n) is 12.5. The number of benzene rings is 2. The van der Waals surface area contributed by atoms with Gasteiger partial charge in [0, 0.05) is 0 Å². The van der Waals surface area contributed by atoms with Gasteiger partial charge in [-0.2, -0.15) is 0 Å². The minimum Gasteiger partial charge on any atom is -0.452 e. The lowest BCUT2D eigenvalue weighted by molar-refractivity contribution is -0.119. The molecule has 0 aliphatic rings. The quantitative estimate of drug-likeness (QED) is 0.761. The molecule has 0 atom stereocenters. The summed E-state index contributed by atoms with van der Waals surface area (Å²) in [6, 6.07) is 8.79. The van der Waals surface area contributed by atoms with Gasteiger partial charge >= 0.3 is 5.97 Å². The van der Waals surface area contributed by atoms with Crippen LogP contribution in [0, 0.1) is 5.82 Å². The van der Waals surface area contributed by atoms with E-state index in [2.05, 4.69) is 5.32 Å². The maximum absolute atomic E-state index is 13.4. The summed E-state index contributed by atoms with van der Waals surface area (Å²) in [5.74, 6) is -2.37. The number of amides is 1. The van der Waals surface area contributed by atoms with Crippen molar-refractivity contribution in [2.75, 3.05) is 11.9 Å². The van der Waals surface area contributed by atoms with Crippen LogP contribution in [-0.4, -0.2) is 26.9 Å². The maximum atomic E-state index is 13.4. The van der Waals surface area contributed by atoms with Gasteiger partial charge in [0.1, 0.15) is 10.7 Å². The summed E-state index contributed by atoms with van der Waals surface area (Å²) in [6.07, 6.45) is 0. The van der Waals surface area contributed by atoms with E-state index in [0.29, 0.717) is 0 Å². The fourth-order valence-electron chi connectivity index (χ4n) is 1.81. The molecule has 0 radical (unpaired) electrons. The van der Waals surface area contributed by atoms with E-state index in [1.807, 2.05) is 0 Å². The van der Waals surface area contributed by atoms with Crippen LogP contribution in [0.25, 0.3) is 0 Å². The molecule has 0 saturated heterocycles. The van der Waals surface area contributed by atoms with E-state index >= 15 is 0 Å². The van der Waals surface area contributed by atoms with Crippen molar-refractivity contribution in [3.8, 4) is 0 Å². The Labute approximate surface area is 147 Å². The Balaban J connectivity index is 2.03. The minimum absolute atomic E-state index is 0.0634. The fraction of sp³-hybridized carbons (Fsp3) is 0.0667. The van der Waals surface area contributed by atoms with Crippen LogP contribution < -0.4 is 10.5 Å². The molecule has 0 heterocycles. The molecule has 25 heavy (non-hydrogen) atoms. The lowest BCUT2D eigenvalue weighted by Crippen LogP contribution is -2.21. The molecule has 3 N–H and O–H groups in total. The molecule has 132 valence electrons. The van der Waals surface area contributed by atoms with E-state index in [9.17, 15) is 22.4 Å². The standard InChI is InChI=1S/C15H12ClFN2O5S/c16-10-6-5-9(7-13(10)25(18,22)23)15(21)24-8-14(20)19-12-4-2-1-3-11(12)17/h1-7H,8H2,(H,19,20)(H2,18,22,23). The molecule has 2 rings (SSSR count). The van der Waals surface area contributed by atoms with E-state index in [0.717, 1.165) is 18.2 Å². The molecule has 2 aromatic rings. The summed E-state index contributed by atoms with van der Waals surface area (Å²) in [4.78, 5) is 23.1. The van der Waals surface area contributed by atoms with E-state index < -0.39 is 39.2 Å². The zero-order valence-corrected chi connectivity index (χ0v) is 14.1. The number of esters is 1. The van der Waals surface area contributed by atoms with Gasteiger partial charge in [-0.3, -0.25) is 4.79 Å². The Hall–Kier alpha value is -2.49. The van der Waals surface area contributed by atoms with Crippen molar-refractivity contribution >= 4 is 39.2 Å². The molecule has 10 heteroatoms. The topological polar surface area (TPSA) is 116 Å². The summed E-state index contributed by atoms with van der Waals surface area (Å²) < 4.78 is 40.9. The second kappa shape index (κ2) is 7.60. The van der Waals surface area contributed by atoms with Crippen molar-refractivity contribution in [2.45, 2.75) is 4.90 Å². The molecule has 0 saturated carbocycles. The second-order valence-electron chi connectivity index (χ2n) is 4.79. The monoisotopic (exact) mass is 386 g/mol. The lowest BCUT2D eigenvalue weighted by atomic mass is 10.2. The highest BCUT2D eigenvalue weighted by atomic mass is 35.5. The van der Waals surface area contributed by atoms with Crippen LogP contribution in [0.3, 0.4) is 0 Å². The number of ether oxygens (including phenoxy) is 1. The van der Waals surface area contributed by atoms with Gasteiger partial charge in [-0.05, 0) is 30.3 Å². The molecule has 0 unspecified atom stereocenters. The van der Waals surface area contributed by atoms with Crippen molar-refractivity contribution in [1.29, 1.82) is 0 Å². The molecular formula is C15H12ClFN2O5S. The number of halogens is 2. The van der Waals surface area contributed by atoms with Crippen LogP contribution in [0.1, 0.15) is 10.4 Å². The fourth-order valence-corrected chi connectivity index (χ4v) is 2.88. The van der Waals surface area contributed by atoms with Gasteiger partial charge < -0.3 is 10.1 Å². The molecule has 2 aromatic carbocycles. The van der Waals surface area contributed by atoms with Crippen molar-refractivity contribution in [3.63, 3.8) is 0 Å². The van der Waals surface area contributed by atoms with Crippen molar-refractivity contribution in [1.82, 2.24) is 0 Å². The first-order valence-electron chi connectivity index (χ1n) is 6.72. The maximum Gasteiger partial charge on any atom is 0.338 e. The Kier molecular flexibility index (Phi) is 5.73. The number of nitrogens with one attached hydrogen (secondary N) is 1. The first-order valence-corrected chi connectivity index (χ1v) is 8.65. The number of primary sulfonamides is 1. The van der Waals surface area contributed by atoms with Gasteiger partial charge in [-0.25, -0.2) is 22.7 Å². The summed E-state index contributed by atoms with van der Waals surface area (Å²) in [6.45, 7) is -0.694. The highest BCUT2D eigenvalue weighted by Crippen LogP contribution is 2.22. The smallest absolute Gasteiger partial charge is 0.338 e. The van der Waals surface area contributed by atoms with Gasteiger partial charge in [-0.15, -0.1) is 0 Å². The van der Waals surface area contributed by atoms with Crippen LogP contribution >= 0.6 is 11.6 Å². The van der Waals surface area contributed by atoms with Crippen LogP contribution in [0.5, 0.6) is 0 Å². The Morgan fingerprint density at radius 3 is 2.52 bits per heavy atom. The molecule has 7 nitrogen and oxygen atoms in total. The second-order valence-corrected chi connectivity index (χ2v) is 6.73. The van der Waals surface area contributed by atoms with E-state index in [4.69, 9.17) is 21.5 Å². The molecular weight excluding hydrogens is 375 g/mol. The summed E-state index contributed by atoms with van der Waals surface area (Å²) in [7, 11) is -4.13. The third-order valence-corrected chi connectivity index (χ3v) is 4.35. The molecule has 0 aromatic heterocycles. The first-order chi connectivity index (χ1) is 11.7. The van der Waals surface area contributed by atoms with Gasteiger partial charge in [-0.1, -0.05) is 23.7 Å². The number of para-hydroxylation sites is 1. The number of hydrogen-bond acceptors (Lipinski definition) is 5. The SMILES string of the molecule is NS(=O)(=O)c1cc(C(=O)OCC(=O)Nc2ccccc2F)ccc1Cl. The minimum atomic E-state index is -4.13. The average Bonchev–Trinajstić information content (AvgIpc) is 2.54. The van der Waals surface area contributed by atoms with E-state index in [1.165, 1.54) is 24.3 Å². The highest BCUT2D eigenvalue weighted by Gasteiger charge is 2.18. The van der Waals surface area contributed by atoms with Crippen LogP contribution in [0.2, 0.25) is 5.02 Å². The molecule has 0 bridgehead atoms. The van der Waals surface area contributed by atoms with E-state index in [1.54, 1.807) is 0 Å². The predicted molar refractivity (Wildman–Crippen MR) is 88.1 cm³/mol. The average molecular weight is 387 g/mol. The van der Waals surface area contributed by atoms with Crippen LogP contribution in [0.4, 0.5) is 10.1 Å². The molecule has 0 fully saturated rings. The highest BCUT2D eigenvalue weighted by molar-refractivity contribution is 7.89. The Morgan fingerprint density at radius 1 is 1.20 bits per heavy atom. The number of hydrogen-bond donors (Lipinski definition) is 2. The van der Waals surface area contributed by atoms with E-state index in [-0.39, 0.29) is 16.3 Å². The molecule has 0 aliphatic carbocycles. The number of anilines is 1. The first kappa shape index (κ1) is 18.8. The number of carbonyl (C=O) groups is 2. The number of rotatable bonds is 5. The molecule has 0 spiro atoms. The normalized spacial score (nSPS) is 11.0.